The number of nitrogens with zero attached hydrogens (tertiary/aromatic N) is 2. The van der Waals surface area contributed by atoms with Crippen LogP contribution in [0.4, 0.5) is 5.69 Å². The van der Waals surface area contributed by atoms with Crippen LogP contribution in [0.15, 0.2) is 41.4 Å². The van der Waals surface area contributed by atoms with Gasteiger partial charge in [-0.15, -0.1) is 0 Å². The van der Waals surface area contributed by atoms with Gasteiger partial charge < -0.3 is 10.1 Å². The molecule has 0 atom stereocenters. The van der Waals surface area contributed by atoms with E-state index < -0.39 is 0 Å². The topological polar surface area (TPSA) is 64.1 Å². The molecular weight excluding hydrogens is 298 g/mol. The van der Waals surface area contributed by atoms with Gasteiger partial charge in [-0.05, 0) is 18.2 Å². The number of nitrogens with one attached hydrogen (secondary N) is 1. The van der Waals surface area contributed by atoms with Gasteiger partial charge in [0.2, 0.25) is 0 Å². The number of benzene rings is 1. The highest BCUT2D eigenvalue weighted by atomic mass is 79.9. The first-order chi connectivity index (χ1) is 8.70. The second-order valence-electron chi connectivity index (χ2n) is 3.43. The molecule has 0 saturated carbocycles. The summed E-state index contributed by atoms with van der Waals surface area (Å²) in [6.45, 7) is 0. The van der Waals surface area contributed by atoms with Crippen molar-refractivity contribution in [2.75, 3.05) is 12.4 Å². The molecule has 1 aromatic carbocycles. The maximum atomic E-state index is 12.0. The fraction of sp³-hybridized carbons (Fsp3) is 0.0833. The summed E-state index contributed by atoms with van der Waals surface area (Å²) >= 11 is 3.32. The van der Waals surface area contributed by atoms with E-state index >= 15 is 0 Å². The molecule has 2 rings (SSSR count). The van der Waals surface area contributed by atoms with Crippen LogP contribution in [0.25, 0.3) is 0 Å². The van der Waals surface area contributed by atoms with Gasteiger partial charge in [0.25, 0.3) is 5.91 Å². The molecule has 2 aromatic rings. The highest BCUT2D eigenvalue weighted by Crippen LogP contribution is 2.24. The van der Waals surface area contributed by atoms with E-state index in [4.69, 9.17) is 4.74 Å². The summed E-state index contributed by atoms with van der Waals surface area (Å²) in [6.07, 6.45) is 4.45. The van der Waals surface area contributed by atoms with E-state index in [9.17, 15) is 4.79 Å². The number of halogens is 1. The maximum Gasteiger partial charge on any atom is 0.259 e. The Balaban J connectivity index is 2.24. The van der Waals surface area contributed by atoms with Gasteiger partial charge in [-0.1, -0.05) is 15.9 Å². The molecule has 0 unspecified atom stereocenters. The van der Waals surface area contributed by atoms with Crippen LogP contribution in [-0.4, -0.2) is 23.0 Å². The summed E-state index contributed by atoms with van der Waals surface area (Å²) < 4.78 is 6.01. The zero-order valence-corrected chi connectivity index (χ0v) is 11.1. The van der Waals surface area contributed by atoms with Gasteiger partial charge in [0.1, 0.15) is 12.1 Å². The van der Waals surface area contributed by atoms with Crippen molar-refractivity contribution < 1.29 is 9.53 Å². The molecule has 5 nitrogen and oxygen atoms in total. The molecule has 18 heavy (non-hydrogen) atoms. The number of carbonyl (C=O) groups excluding carboxylic acids is 1. The van der Waals surface area contributed by atoms with Gasteiger partial charge in [0, 0.05) is 4.47 Å². The Morgan fingerprint density at radius 2 is 2.06 bits per heavy atom. The Labute approximate surface area is 112 Å². The van der Waals surface area contributed by atoms with E-state index in [0.29, 0.717) is 17.0 Å². The molecule has 0 spiro atoms. The predicted molar refractivity (Wildman–Crippen MR) is 70.7 cm³/mol. The summed E-state index contributed by atoms with van der Waals surface area (Å²) in [5, 5.41) is 2.69. The van der Waals surface area contributed by atoms with Gasteiger partial charge in [0.05, 0.1) is 30.8 Å². The van der Waals surface area contributed by atoms with Gasteiger partial charge >= 0.3 is 0 Å². The van der Waals surface area contributed by atoms with E-state index in [1.165, 1.54) is 25.8 Å². The van der Waals surface area contributed by atoms with E-state index in [1.54, 1.807) is 18.2 Å². The summed E-state index contributed by atoms with van der Waals surface area (Å²) in [5.41, 5.74) is 0.983. The molecule has 0 saturated heterocycles. The summed E-state index contributed by atoms with van der Waals surface area (Å²) in [6, 6.07) is 5.19. The number of amides is 1. The van der Waals surface area contributed by atoms with E-state index in [2.05, 4.69) is 31.2 Å². The first kappa shape index (κ1) is 12.5. The van der Waals surface area contributed by atoms with Crippen molar-refractivity contribution in [2.24, 2.45) is 0 Å². The normalized spacial score (nSPS) is 9.89. The van der Waals surface area contributed by atoms with Crippen molar-refractivity contribution in [3.63, 3.8) is 0 Å². The van der Waals surface area contributed by atoms with Crippen LogP contribution in [0, 0.1) is 0 Å². The molecule has 1 amide bonds. The number of methoxy groups -OCH3 is 1. The van der Waals surface area contributed by atoms with Crippen molar-refractivity contribution in [1.82, 2.24) is 9.97 Å². The quantitative estimate of drug-likeness (QED) is 0.946. The number of anilines is 1. The van der Waals surface area contributed by atoms with Gasteiger partial charge in [0.15, 0.2) is 0 Å². The van der Waals surface area contributed by atoms with Crippen LogP contribution in [0.3, 0.4) is 0 Å². The Kier molecular flexibility index (Phi) is 3.88. The van der Waals surface area contributed by atoms with Gasteiger partial charge in [-0.3, -0.25) is 4.79 Å². The molecule has 92 valence electrons. The number of hydrogen-bond acceptors (Lipinski definition) is 4. The van der Waals surface area contributed by atoms with Crippen LogP contribution >= 0.6 is 15.9 Å². The average Bonchev–Trinajstić information content (AvgIpc) is 2.39. The molecule has 6 heteroatoms. The molecular formula is C12H10BrN3O2. The second kappa shape index (κ2) is 5.59. The summed E-state index contributed by atoms with van der Waals surface area (Å²) in [4.78, 5) is 19.7. The third kappa shape index (κ3) is 2.84. The lowest BCUT2D eigenvalue weighted by atomic mass is 10.2. The van der Waals surface area contributed by atoms with Crippen molar-refractivity contribution >= 4 is 27.5 Å². The summed E-state index contributed by atoms with van der Waals surface area (Å²) in [5.74, 6) is 0.230. The lowest BCUT2D eigenvalue weighted by molar-refractivity contribution is 0.102. The van der Waals surface area contributed by atoms with Crippen LogP contribution < -0.4 is 10.1 Å². The monoisotopic (exact) mass is 307 g/mol. The van der Waals surface area contributed by atoms with Crippen LogP contribution in [0.5, 0.6) is 5.75 Å². The number of carbonyl (C=O) groups is 1. The van der Waals surface area contributed by atoms with E-state index in [1.807, 2.05) is 0 Å². The average molecular weight is 308 g/mol. The molecule has 0 radical (unpaired) electrons. The van der Waals surface area contributed by atoms with Gasteiger partial charge in [-0.25, -0.2) is 9.97 Å². The molecule has 0 aliphatic carbocycles. The molecule has 0 aliphatic heterocycles. The van der Waals surface area contributed by atoms with Crippen molar-refractivity contribution in [3.8, 4) is 5.75 Å². The number of hydrogen-bond donors (Lipinski definition) is 1. The fourth-order valence-electron chi connectivity index (χ4n) is 1.41. The van der Waals surface area contributed by atoms with Gasteiger partial charge in [-0.2, -0.15) is 0 Å². The minimum atomic E-state index is -0.269. The Bertz CT molecular complexity index is 561. The Morgan fingerprint density at radius 3 is 2.72 bits per heavy atom. The zero-order chi connectivity index (χ0) is 13.0. The predicted octanol–water partition coefficient (Wildman–Crippen LogP) is 2.50. The SMILES string of the molecule is COc1cc(Br)ccc1C(=O)Nc1cncnc1. The fourth-order valence-corrected chi connectivity index (χ4v) is 1.75. The highest BCUT2D eigenvalue weighted by molar-refractivity contribution is 9.10. The second-order valence-corrected chi connectivity index (χ2v) is 4.34. The largest absolute Gasteiger partial charge is 0.496 e. The standard InChI is InChI=1S/C12H10BrN3O2/c1-18-11-4-8(13)2-3-10(11)12(17)16-9-5-14-7-15-6-9/h2-7H,1H3,(H,16,17). The minimum Gasteiger partial charge on any atom is -0.496 e. The molecule has 1 N–H and O–H groups in total. The zero-order valence-electron chi connectivity index (χ0n) is 9.55. The summed E-state index contributed by atoms with van der Waals surface area (Å²) in [7, 11) is 1.52. The van der Waals surface area contributed by atoms with Crippen LogP contribution in [0.1, 0.15) is 10.4 Å². The lowest BCUT2D eigenvalue weighted by Crippen LogP contribution is -2.13. The Morgan fingerprint density at radius 1 is 1.33 bits per heavy atom. The van der Waals surface area contributed by atoms with Crippen molar-refractivity contribution in [3.05, 3.63) is 47.0 Å². The lowest BCUT2D eigenvalue weighted by Gasteiger charge is -2.09. The maximum absolute atomic E-state index is 12.0. The molecule has 1 heterocycles. The highest BCUT2D eigenvalue weighted by Gasteiger charge is 2.12. The smallest absolute Gasteiger partial charge is 0.259 e. The molecule has 0 bridgehead atoms. The van der Waals surface area contributed by atoms with Crippen molar-refractivity contribution in [1.29, 1.82) is 0 Å². The molecule has 0 fully saturated rings. The third-order valence-corrected chi connectivity index (χ3v) is 2.72. The molecule has 1 aromatic heterocycles. The van der Waals surface area contributed by atoms with Crippen LogP contribution in [-0.2, 0) is 0 Å². The number of ether oxygens (including phenoxy) is 1. The minimum absolute atomic E-state index is 0.269. The first-order valence-electron chi connectivity index (χ1n) is 5.10. The first-order valence-corrected chi connectivity index (χ1v) is 5.90. The van der Waals surface area contributed by atoms with E-state index in [-0.39, 0.29) is 5.91 Å². The van der Waals surface area contributed by atoms with Crippen LogP contribution in [0.2, 0.25) is 0 Å². The molecule has 0 aliphatic rings. The Hall–Kier alpha value is -1.95. The van der Waals surface area contributed by atoms with Crippen molar-refractivity contribution in [2.45, 2.75) is 0 Å². The third-order valence-electron chi connectivity index (χ3n) is 2.23. The van der Waals surface area contributed by atoms with E-state index in [0.717, 1.165) is 4.47 Å². The number of aromatic nitrogens is 2. The number of rotatable bonds is 3.